The van der Waals surface area contributed by atoms with Gasteiger partial charge in [-0.05, 0) is 29.1 Å². The third-order valence-corrected chi connectivity index (χ3v) is 6.19. The molecule has 2 aromatic carbocycles. The highest BCUT2D eigenvalue weighted by molar-refractivity contribution is 7.56. The van der Waals surface area contributed by atoms with Crippen molar-refractivity contribution in [2.24, 2.45) is 0 Å². The second kappa shape index (κ2) is 6.71. The van der Waals surface area contributed by atoms with Crippen molar-refractivity contribution in [1.82, 2.24) is 0 Å². The van der Waals surface area contributed by atoms with Crippen LogP contribution >= 0.6 is 7.92 Å². The van der Waals surface area contributed by atoms with Gasteiger partial charge in [-0.3, -0.25) is 0 Å². The van der Waals surface area contributed by atoms with Crippen LogP contribution in [0, 0.1) is 0 Å². The number of benzene rings is 2. The highest BCUT2D eigenvalue weighted by Gasteiger charge is 2.13. The van der Waals surface area contributed by atoms with Crippen LogP contribution in [0.2, 0.25) is 0 Å². The van der Waals surface area contributed by atoms with Crippen LogP contribution in [0.3, 0.4) is 0 Å². The van der Waals surface area contributed by atoms with E-state index in [-0.39, 0.29) is 7.92 Å². The minimum Gasteiger partial charge on any atom is -0.0951 e. The maximum Gasteiger partial charge on any atom is -0.00678 e. The van der Waals surface area contributed by atoms with Crippen molar-refractivity contribution in [3.63, 3.8) is 0 Å². The molecule has 94 valence electrons. The van der Waals surface area contributed by atoms with Crippen molar-refractivity contribution < 1.29 is 0 Å². The topological polar surface area (TPSA) is 0 Å². The Labute approximate surface area is 112 Å². The molecule has 1 heteroatoms. The van der Waals surface area contributed by atoms with E-state index >= 15 is 0 Å². The van der Waals surface area contributed by atoms with Crippen LogP contribution in [0.4, 0.5) is 0 Å². The molecule has 0 amide bonds. The van der Waals surface area contributed by atoms with Crippen molar-refractivity contribution in [2.75, 3.05) is 0 Å². The van der Waals surface area contributed by atoms with E-state index in [1.165, 1.54) is 23.5 Å². The zero-order chi connectivity index (χ0) is 12.8. The van der Waals surface area contributed by atoms with Crippen molar-refractivity contribution >= 4 is 7.92 Å². The van der Waals surface area contributed by atoms with Crippen molar-refractivity contribution in [3.05, 3.63) is 71.8 Å². The molecule has 0 bridgehead atoms. The average Bonchev–Trinajstić information content (AvgIpc) is 2.40. The van der Waals surface area contributed by atoms with E-state index in [0.29, 0.717) is 0 Å². The summed E-state index contributed by atoms with van der Waals surface area (Å²) in [4.78, 5) is 0. The lowest BCUT2D eigenvalue weighted by atomic mass is 10.2. The third kappa shape index (κ3) is 3.96. The van der Waals surface area contributed by atoms with Gasteiger partial charge in [-0.1, -0.05) is 82.4 Å². The predicted octanol–water partition coefficient (Wildman–Crippen LogP) is 5.28. The lowest BCUT2D eigenvalue weighted by molar-refractivity contribution is 1.06. The monoisotopic (exact) mass is 256 g/mol. The first-order valence-electron chi connectivity index (χ1n) is 6.57. The molecule has 0 aliphatic rings. The van der Waals surface area contributed by atoms with Gasteiger partial charge in [0, 0.05) is 0 Å². The molecule has 0 N–H and O–H groups in total. The molecular weight excluding hydrogens is 235 g/mol. The molecule has 0 aliphatic carbocycles. The first-order chi connectivity index (χ1) is 8.75. The molecule has 2 rings (SSSR count). The van der Waals surface area contributed by atoms with E-state index in [9.17, 15) is 0 Å². The van der Waals surface area contributed by atoms with E-state index in [1.807, 2.05) is 0 Å². The summed E-state index contributed by atoms with van der Waals surface area (Å²) < 4.78 is 0. The smallest absolute Gasteiger partial charge is 0.00678 e. The molecule has 0 fully saturated rings. The van der Waals surface area contributed by atoms with E-state index in [2.05, 4.69) is 74.5 Å². The Morgan fingerprint density at radius 2 is 1.11 bits per heavy atom. The Morgan fingerprint density at radius 1 is 0.722 bits per heavy atom. The summed E-state index contributed by atoms with van der Waals surface area (Å²) in [5, 5.41) is 0. The summed E-state index contributed by atoms with van der Waals surface area (Å²) in [5.41, 5.74) is 3.74. The van der Waals surface area contributed by atoms with Crippen molar-refractivity contribution in [2.45, 2.75) is 31.8 Å². The Hall–Kier alpha value is -1.13. The summed E-state index contributed by atoms with van der Waals surface area (Å²) in [5.74, 6) is 0. The van der Waals surface area contributed by atoms with Crippen LogP contribution in [-0.4, -0.2) is 5.66 Å². The molecule has 0 unspecified atom stereocenters. The maximum absolute atomic E-state index is 2.36. The quantitative estimate of drug-likeness (QED) is 0.639. The fraction of sp³-hybridized carbons (Fsp3) is 0.294. The van der Waals surface area contributed by atoms with E-state index in [1.54, 1.807) is 0 Å². The second-order valence-electron chi connectivity index (χ2n) is 4.97. The highest BCUT2D eigenvalue weighted by Crippen LogP contribution is 2.47. The molecule has 2 aromatic rings. The summed E-state index contributed by atoms with van der Waals surface area (Å²) in [6.07, 6.45) is 2.48. The van der Waals surface area contributed by atoms with Gasteiger partial charge in [0.05, 0.1) is 0 Å². The SMILES string of the molecule is CC(C)P(Cc1ccccc1)Cc1ccccc1. The highest BCUT2D eigenvalue weighted by atomic mass is 31.1. The summed E-state index contributed by atoms with van der Waals surface area (Å²) in [6.45, 7) is 4.72. The standard InChI is InChI=1S/C17H21P/c1-15(2)18(13-16-9-5-3-6-10-16)14-17-11-7-4-8-12-17/h3-12,15H,13-14H2,1-2H3. The maximum atomic E-state index is 2.36. The molecule has 0 nitrogen and oxygen atoms in total. The van der Waals surface area contributed by atoms with Crippen LogP contribution in [-0.2, 0) is 12.3 Å². The zero-order valence-electron chi connectivity index (χ0n) is 11.2. The fourth-order valence-corrected chi connectivity index (χ4v) is 4.26. The summed E-state index contributed by atoms with van der Waals surface area (Å²) in [6, 6.07) is 21.8. The third-order valence-electron chi connectivity index (χ3n) is 3.19. The summed E-state index contributed by atoms with van der Waals surface area (Å²) >= 11 is 0. The Morgan fingerprint density at radius 3 is 1.44 bits per heavy atom. The van der Waals surface area contributed by atoms with Crippen LogP contribution in [0.15, 0.2) is 60.7 Å². The van der Waals surface area contributed by atoms with Crippen LogP contribution in [0.1, 0.15) is 25.0 Å². The van der Waals surface area contributed by atoms with Gasteiger partial charge in [0.25, 0.3) is 0 Å². The van der Waals surface area contributed by atoms with Gasteiger partial charge in [-0.2, -0.15) is 0 Å². The minimum absolute atomic E-state index is 0.0278. The minimum atomic E-state index is 0.0278. The number of rotatable bonds is 5. The fourth-order valence-electron chi connectivity index (χ4n) is 2.06. The lowest BCUT2D eigenvalue weighted by Gasteiger charge is -2.22. The van der Waals surface area contributed by atoms with Crippen molar-refractivity contribution in [3.8, 4) is 0 Å². The molecule has 0 heterocycles. The molecule has 18 heavy (non-hydrogen) atoms. The van der Waals surface area contributed by atoms with Gasteiger partial charge >= 0.3 is 0 Å². The Balaban J connectivity index is 2.05. The Bertz CT molecular complexity index is 406. The largest absolute Gasteiger partial charge is 0.0951 e. The second-order valence-corrected chi connectivity index (χ2v) is 7.81. The van der Waals surface area contributed by atoms with E-state index in [4.69, 9.17) is 0 Å². The van der Waals surface area contributed by atoms with Gasteiger partial charge < -0.3 is 0 Å². The van der Waals surface area contributed by atoms with Crippen LogP contribution in [0.5, 0.6) is 0 Å². The molecule has 0 saturated heterocycles. The molecule has 0 radical (unpaired) electrons. The van der Waals surface area contributed by atoms with Gasteiger partial charge in [0.2, 0.25) is 0 Å². The molecule has 0 aromatic heterocycles. The van der Waals surface area contributed by atoms with Gasteiger partial charge in [-0.25, -0.2) is 0 Å². The van der Waals surface area contributed by atoms with Crippen LogP contribution in [0.25, 0.3) is 0 Å². The number of hydrogen-bond acceptors (Lipinski definition) is 0. The Kier molecular flexibility index (Phi) is 4.96. The van der Waals surface area contributed by atoms with Crippen LogP contribution < -0.4 is 0 Å². The van der Waals surface area contributed by atoms with Gasteiger partial charge in [0.15, 0.2) is 0 Å². The number of hydrogen-bond donors (Lipinski definition) is 0. The average molecular weight is 256 g/mol. The first-order valence-corrected chi connectivity index (χ1v) is 8.36. The van der Waals surface area contributed by atoms with E-state index in [0.717, 1.165) is 5.66 Å². The molecule has 0 spiro atoms. The molecule has 0 aliphatic heterocycles. The zero-order valence-corrected chi connectivity index (χ0v) is 12.1. The van der Waals surface area contributed by atoms with Gasteiger partial charge in [-0.15, -0.1) is 0 Å². The normalized spacial score (nSPS) is 11.1. The lowest BCUT2D eigenvalue weighted by Crippen LogP contribution is -1.99. The van der Waals surface area contributed by atoms with E-state index < -0.39 is 0 Å². The first kappa shape index (κ1) is 13.3. The molecule has 0 saturated carbocycles. The molecule has 0 atom stereocenters. The van der Waals surface area contributed by atoms with Crippen molar-refractivity contribution in [1.29, 1.82) is 0 Å². The summed E-state index contributed by atoms with van der Waals surface area (Å²) in [7, 11) is 0.0278. The molecular formula is C17H21P. The predicted molar refractivity (Wildman–Crippen MR) is 82.3 cm³/mol. The van der Waals surface area contributed by atoms with Gasteiger partial charge in [0.1, 0.15) is 0 Å².